The summed E-state index contributed by atoms with van der Waals surface area (Å²) in [5, 5.41) is 0. The van der Waals surface area contributed by atoms with Gasteiger partial charge in [0, 0.05) is 38.4 Å². The number of fused-ring (bicyclic) bond motifs is 2. The van der Waals surface area contributed by atoms with Gasteiger partial charge < -0.3 is 9.80 Å². The van der Waals surface area contributed by atoms with Crippen molar-refractivity contribution in [3.8, 4) is 0 Å². The Morgan fingerprint density at radius 3 is 2.16 bits per heavy atom. The third-order valence-electron chi connectivity index (χ3n) is 9.35. The van der Waals surface area contributed by atoms with Gasteiger partial charge in [0.25, 0.3) is 0 Å². The quantitative estimate of drug-likeness (QED) is 0.668. The van der Waals surface area contributed by atoms with Gasteiger partial charge in [-0.3, -0.25) is 14.5 Å². The van der Waals surface area contributed by atoms with Crippen molar-refractivity contribution in [2.75, 3.05) is 31.6 Å². The number of piperidine rings is 1. The van der Waals surface area contributed by atoms with Crippen LogP contribution >= 0.6 is 0 Å². The first kappa shape index (κ1) is 21.9. The average Bonchev–Trinajstić information content (AvgIpc) is 3.23. The predicted octanol–water partition coefficient (Wildman–Crippen LogP) is 4.10. The summed E-state index contributed by atoms with van der Waals surface area (Å²) >= 11 is 0. The summed E-state index contributed by atoms with van der Waals surface area (Å²) in [6, 6.07) is 9.34. The van der Waals surface area contributed by atoms with E-state index in [9.17, 15) is 9.59 Å². The second-order valence-electron chi connectivity index (χ2n) is 11.2. The summed E-state index contributed by atoms with van der Waals surface area (Å²) in [4.78, 5) is 32.7. The summed E-state index contributed by atoms with van der Waals surface area (Å²) in [7, 11) is 1.68. The first-order chi connectivity index (χ1) is 15.3. The molecule has 0 radical (unpaired) electrons. The number of hydrogen-bond acceptors (Lipinski definition) is 4. The molecule has 0 bridgehead atoms. The lowest BCUT2D eigenvalue weighted by molar-refractivity contribution is -0.139. The van der Waals surface area contributed by atoms with Gasteiger partial charge in [-0.25, -0.2) is 0 Å². The lowest BCUT2D eigenvalue weighted by atomic mass is 9.73. The van der Waals surface area contributed by atoms with Crippen LogP contribution < -0.4 is 4.90 Å². The SMILES string of the molecule is Cc1ccc(N2CC3C(=O)N(C)C(=O)C3C23CCN(C2CCC(C(C)C)CC2)CC3)cc1. The third kappa shape index (κ3) is 3.39. The summed E-state index contributed by atoms with van der Waals surface area (Å²) in [6.07, 6.45) is 7.26. The van der Waals surface area contributed by atoms with Crippen LogP contribution in [-0.4, -0.2) is 59.9 Å². The van der Waals surface area contributed by atoms with Crippen molar-refractivity contribution in [3.63, 3.8) is 0 Å². The first-order valence-corrected chi connectivity index (χ1v) is 12.7. The molecule has 1 aromatic rings. The van der Waals surface area contributed by atoms with Crippen molar-refractivity contribution in [3.05, 3.63) is 29.8 Å². The van der Waals surface area contributed by atoms with Crippen LogP contribution in [0.2, 0.25) is 0 Å². The van der Waals surface area contributed by atoms with E-state index in [1.165, 1.54) is 41.8 Å². The van der Waals surface area contributed by atoms with E-state index in [0.717, 1.165) is 37.8 Å². The Balaban J connectivity index is 1.37. The van der Waals surface area contributed by atoms with E-state index in [2.05, 4.69) is 54.8 Å². The molecule has 1 aromatic carbocycles. The van der Waals surface area contributed by atoms with Crippen molar-refractivity contribution >= 4 is 17.5 Å². The van der Waals surface area contributed by atoms with E-state index in [1.54, 1.807) is 7.05 Å². The van der Waals surface area contributed by atoms with Crippen LogP contribution in [0.3, 0.4) is 0 Å². The number of benzene rings is 1. The highest BCUT2D eigenvalue weighted by Gasteiger charge is 2.64. The minimum absolute atomic E-state index is 0.0171. The fourth-order valence-electron chi connectivity index (χ4n) is 7.29. The van der Waals surface area contributed by atoms with E-state index < -0.39 is 0 Å². The first-order valence-electron chi connectivity index (χ1n) is 12.7. The molecule has 0 N–H and O–H groups in total. The molecular formula is C27H39N3O2. The highest BCUT2D eigenvalue weighted by molar-refractivity contribution is 6.07. The van der Waals surface area contributed by atoms with Crippen LogP contribution in [0.1, 0.15) is 57.9 Å². The molecule has 1 saturated carbocycles. The Kier molecular flexibility index (Phi) is 5.59. The van der Waals surface area contributed by atoms with E-state index in [0.29, 0.717) is 12.6 Å². The van der Waals surface area contributed by atoms with Crippen LogP contribution in [0.5, 0.6) is 0 Å². The van der Waals surface area contributed by atoms with Crippen molar-refractivity contribution in [1.29, 1.82) is 0 Å². The van der Waals surface area contributed by atoms with Crippen LogP contribution in [0.25, 0.3) is 0 Å². The standard InChI is InChI=1S/C27H39N3O2/c1-18(2)20-7-11-21(12-8-20)29-15-13-27(14-16-29)24-23(25(31)28(4)26(24)32)17-30(27)22-9-5-19(3)6-10-22/h5-6,9-10,18,20-21,23-24H,7-8,11-17H2,1-4H3. The number of carbonyl (C=O) groups is 2. The fourth-order valence-corrected chi connectivity index (χ4v) is 7.29. The molecular weight excluding hydrogens is 398 g/mol. The molecule has 3 aliphatic heterocycles. The number of amides is 2. The van der Waals surface area contributed by atoms with E-state index in [1.807, 2.05) is 0 Å². The summed E-state index contributed by atoms with van der Waals surface area (Å²) in [5.74, 6) is 1.35. The summed E-state index contributed by atoms with van der Waals surface area (Å²) in [5.41, 5.74) is 2.17. The number of aryl methyl sites for hydroxylation is 1. The van der Waals surface area contributed by atoms with Crippen LogP contribution in [0.4, 0.5) is 5.69 Å². The molecule has 5 rings (SSSR count). The monoisotopic (exact) mass is 437 g/mol. The number of nitrogens with zero attached hydrogens (tertiary/aromatic N) is 3. The van der Waals surface area contributed by atoms with Gasteiger partial charge in [0.05, 0.1) is 17.4 Å². The molecule has 5 heteroatoms. The van der Waals surface area contributed by atoms with Crippen LogP contribution in [-0.2, 0) is 9.59 Å². The Bertz CT molecular complexity index is 863. The highest BCUT2D eigenvalue weighted by atomic mass is 16.2. The topological polar surface area (TPSA) is 43.9 Å². The summed E-state index contributed by atoms with van der Waals surface area (Å²) in [6.45, 7) is 9.57. The van der Waals surface area contributed by atoms with Gasteiger partial charge in [-0.05, 0) is 69.4 Å². The maximum absolute atomic E-state index is 13.2. The predicted molar refractivity (Wildman–Crippen MR) is 127 cm³/mol. The fraction of sp³-hybridized carbons (Fsp3) is 0.704. The molecule has 174 valence electrons. The molecule has 2 atom stereocenters. The van der Waals surface area contributed by atoms with Gasteiger partial charge in [0.2, 0.25) is 11.8 Å². The normalized spacial score (nSPS) is 32.9. The molecule has 2 unspecified atom stereocenters. The minimum atomic E-state index is -0.233. The zero-order valence-corrected chi connectivity index (χ0v) is 20.2. The molecule has 0 aromatic heterocycles. The molecule has 4 aliphatic rings. The number of likely N-dealkylation sites (tertiary alicyclic amines) is 2. The molecule has 32 heavy (non-hydrogen) atoms. The molecule has 2 amide bonds. The van der Waals surface area contributed by atoms with Gasteiger partial charge in [-0.2, -0.15) is 0 Å². The Labute approximate surface area is 193 Å². The van der Waals surface area contributed by atoms with Gasteiger partial charge >= 0.3 is 0 Å². The minimum Gasteiger partial charge on any atom is -0.364 e. The molecule has 5 nitrogen and oxygen atoms in total. The van der Waals surface area contributed by atoms with E-state index >= 15 is 0 Å². The smallest absolute Gasteiger partial charge is 0.235 e. The highest BCUT2D eigenvalue weighted by Crippen LogP contribution is 2.52. The van der Waals surface area contributed by atoms with E-state index in [-0.39, 0.29) is 29.2 Å². The number of imide groups is 1. The second kappa shape index (κ2) is 8.16. The Morgan fingerprint density at radius 2 is 1.56 bits per heavy atom. The number of anilines is 1. The van der Waals surface area contributed by atoms with Crippen LogP contribution in [0.15, 0.2) is 24.3 Å². The lowest BCUT2D eigenvalue weighted by Crippen LogP contribution is -2.59. The zero-order chi connectivity index (χ0) is 22.6. The van der Waals surface area contributed by atoms with Crippen molar-refractivity contribution in [2.24, 2.45) is 23.7 Å². The second-order valence-corrected chi connectivity index (χ2v) is 11.2. The average molecular weight is 438 g/mol. The summed E-state index contributed by atoms with van der Waals surface area (Å²) < 4.78 is 0. The van der Waals surface area contributed by atoms with Gasteiger partial charge in [-0.15, -0.1) is 0 Å². The lowest BCUT2D eigenvalue weighted by Gasteiger charge is -2.50. The van der Waals surface area contributed by atoms with Gasteiger partial charge in [-0.1, -0.05) is 31.5 Å². The Morgan fingerprint density at radius 1 is 0.938 bits per heavy atom. The maximum atomic E-state index is 13.2. The Hall–Kier alpha value is -1.88. The maximum Gasteiger partial charge on any atom is 0.235 e. The number of rotatable bonds is 3. The van der Waals surface area contributed by atoms with Crippen LogP contribution in [0, 0.1) is 30.6 Å². The van der Waals surface area contributed by atoms with Crippen molar-refractivity contribution in [2.45, 2.75) is 70.9 Å². The van der Waals surface area contributed by atoms with Crippen molar-refractivity contribution in [1.82, 2.24) is 9.80 Å². The molecule has 3 heterocycles. The molecule has 1 spiro atoms. The van der Waals surface area contributed by atoms with Gasteiger partial charge in [0.15, 0.2) is 0 Å². The third-order valence-corrected chi connectivity index (χ3v) is 9.35. The number of carbonyl (C=O) groups excluding carboxylic acids is 2. The molecule has 1 aliphatic carbocycles. The molecule has 3 saturated heterocycles. The van der Waals surface area contributed by atoms with Crippen molar-refractivity contribution < 1.29 is 9.59 Å². The van der Waals surface area contributed by atoms with Gasteiger partial charge in [0.1, 0.15) is 0 Å². The number of hydrogen-bond donors (Lipinski definition) is 0. The van der Waals surface area contributed by atoms with E-state index in [4.69, 9.17) is 0 Å². The molecule has 4 fully saturated rings. The largest absolute Gasteiger partial charge is 0.364 e. The zero-order valence-electron chi connectivity index (χ0n) is 20.2.